The second-order valence-corrected chi connectivity index (χ2v) is 5.81. The van der Waals surface area contributed by atoms with Gasteiger partial charge in [-0.25, -0.2) is 13.1 Å². The predicted molar refractivity (Wildman–Crippen MR) is 61.6 cm³/mol. The third-order valence-electron chi connectivity index (χ3n) is 2.81. The number of H-pyrrole nitrogens is 1. The Hall–Kier alpha value is -0.850. The lowest BCUT2D eigenvalue weighted by Gasteiger charge is -2.23. The summed E-state index contributed by atoms with van der Waals surface area (Å²) in [4.78, 5) is 3.03. The van der Waals surface area contributed by atoms with Crippen molar-refractivity contribution in [2.24, 2.45) is 0 Å². The third-order valence-corrected chi connectivity index (χ3v) is 4.23. The molecule has 1 fully saturated rings. The molecular formula is C10H17N3O2S. The molecule has 90 valence electrons. The summed E-state index contributed by atoms with van der Waals surface area (Å²) in [5.74, 6) is 0. The average molecular weight is 243 g/mol. The second-order valence-electron chi connectivity index (χ2n) is 4.05. The topological polar surface area (TPSA) is 74.0 Å². The van der Waals surface area contributed by atoms with Crippen molar-refractivity contribution in [1.82, 2.24) is 15.0 Å². The first kappa shape index (κ1) is 11.6. The number of rotatable bonds is 4. The minimum Gasteiger partial charge on any atom is -0.366 e. The van der Waals surface area contributed by atoms with E-state index in [1.54, 1.807) is 12.3 Å². The molecule has 5 nitrogen and oxygen atoms in total. The van der Waals surface area contributed by atoms with Gasteiger partial charge in [-0.05, 0) is 25.5 Å². The van der Waals surface area contributed by atoms with Gasteiger partial charge >= 0.3 is 0 Å². The molecule has 3 N–H and O–H groups in total. The number of hydrogen-bond acceptors (Lipinski definition) is 3. The molecule has 2 heterocycles. The van der Waals surface area contributed by atoms with Crippen LogP contribution >= 0.6 is 0 Å². The number of sulfonamides is 1. The lowest BCUT2D eigenvalue weighted by atomic mass is 10.1. The van der Waals surface area contributed by atoms with E-state index in [4.69, 9.17) is 0 Å². The molecule has 1 atom stereocenters. The summed E-state index contributed by atoms with van der Waals surface area (Å²) < 4.78 is 26.2. The van der Waals surface area contributed by atoms with Crippen molar-refractivity contribution in [1.29, 1.82) is 0 Å². The van der Waals surface area contributed by atoms with Gasteiger partial charge in [0.05, 0.1) is 4.90 Å². The number of aromatic amines is 1. The Balaban J connectivity index is 1.89. The van der Waals surface area contributed by atoms with Crippen molar-refractivity contribution in [3.63, 3.8) is 0 Å². The number of piperidine rings is 1. The zero-order valence-electron chi connectivity index (χ0n) is 9.07. The van der Waals surface area contributed by atoms with Crippen LogP contribution < -0.4 is 10.0 Å². The first-order chi connectivity index (χ1) is 7.68. The molecule has 1 aromatic rings. The van der Waals surface area contributed by atoms with Gasteiger partial charge in [0.25, 0.3) is 0 Å². The zero-order chi connectivity index (χ0) is 11.4. The minimum atomic E-state index is -3.34. The fourth-order valence-corrected chi connectivity index (χ4v) is 2.93. The average Bonchev–Trinajstić information content (AvgIpc) is 2.82. The van der Waals surface area contributed by atoms with Crippen LogP contribution in [0.5, 0.6) is 0 Å². The van der Waals surface area contributed by atoms with Crippen molar-refractivity contribution in [2.75, 3.05) is 13.1 Å². The molecule has 0 aromatic carbocycles. The standard InChI is InChI=1S/C10H17N3O2S/c14-16(15,10-4-6-11-8-10)13-7-9-3-1-2-5-12-9/h4,6,8-9,11-13H,1-3,5,7H2. The van der Waals surface area contributed by atoms with E-state index in [-0.39, 0.29) is 6.04 Å². The van der Waals surface area contributed by atoms with E-state index in [2.05, 4.69) is 15.0 Å². The molecule has 1 aliphatic rings. The first-order valence-electron chi connectivity index (χ1n) is 5.54. The SMILES string of the molecule is O=S(=O)(NCC1CCCCN1)c1cc[nH]c1. The highest BCUT2D eigenvalue weighted by Crippen LogP contribution is 2.09. The van der Waals surface area contributed by atoms with Crippen molar-refractivity contribution in [2.45, 2.75) is 30.2 Å². The van der Waals surface area contributed by atoms with E-state index >= 15 is 0 Å². The summed E-state index contributed by atoms with van der Waals surface area (Å²) in [6.07, 6.45) is 6.48. The quantitative estimate of drug-likeness (QED) is 0.718. The maximum Gasteiger partial charge on any atom is 0.242 e. The number of nitrogens with one attached hydrogen (secondary N) is 3. The summed E-state index contributed by atoms with van der Waals surface area (Å²) >= 11 is 0. The fraction of sp³-hybridized carbons (Fsp3) is 0.600. The molecule has 0 bridgehead atoms. The Labute approximate surface area is 95.7 Å². The third kappa shape index (κ3) is 2.84. The van der Waals surface area contributed by atoms with Gasteiger partial charge in [-0.1, -0.05) is 6.42 Å². The lowest BCUT2D eigenvalue weighted by molar-refractivity contribution is 0.398. The summed E-state index contributed by atoms with van der Waals surface area (Å²) in [7, 11) is -3.34. The van der Waals surface area contributed by atoms with Gasteiger partial charge in [0.2, 0.25) is 10.0 Å². The number of aromatic nitrogens is 1. The van der Waals surface area contributed by atoms with Crippen LogP contribution in [0.4, 0.5) is 0 Å². The summed E-state index contributed by atoms with van der Waals surface area (Å²) in [5, 5.41) is 3.30. The van der Waals surface area contributed by atoms with Gasteiger partial charge in [0.1, 0.15) is 0 Å². The van der Waals surface area contributed by atoms with Gasteiger partial charge < -0.3 is 10.3 Å². The monoisotopic (exact) mass is 243 g/mol. The van der Waals surface area contributed by atoms with Crippen LogP contribution in [0.3, 0.4) is 0 Å². The Morgan fingerprint density at radius 3 is 2.94 bits per heavy atom. The molecule has 1 saturated heterocycles. The van der Waals surface area contributed by atoms with Crippen LogP contribution in [0.25, 0.3) is 0 Å². The molecule has 6 heteroatoms. The van der Waals surface area contributed by atoms with E-state index in [0.717, 1.165) is 13.0 Å². The summed E-state index contributed by atoms with van der Waals surface area (Å²) in [6.45, 7) is 1.45. The molecule has 1 unspecified atom stereocenters. The molecule has 0 spiro atoms. The zero-order valence-corrected chi connectivity index (χ0v) is 9.89. The fourth-order valence-electron chi connectivity index (χ4n) is 1.87. The van der Waals surface area contributed by atoms with E-state index in [9.17, 15) is 8.42 Å². The lowest BCUT2D eigenvalue weighted by Crippen LogP contribution is -2.43. The molecule has 1 aromatic heterocycles. The smallest absolute Gasteiger partial charge is 0.242 e. The van der Waals surface area contributed by atoms with Crippen LogP contribution in [-0.4, -0.2) is 32.5 Å². The number of hydrogen-bond donors (Lipinski definition) is 3. The van der Waals surface area contributed by atoms with Crippen LogP contribution in [0, 0.1) is 0 Å². The Kier molecular flexibility index (Phi) is 3.63. The van der Waals surface area contributed by atoms with E-state index in [1.807, 2.05) is 0 Å². The van der Waals surface area contributed by atoms with Gasteiger partial charge in [-0.3, -0.25) is 0 Å². The van der Waals surface area contributed by atoms with Crippen molar-refractivity contribution < 1.29 is 8.42 Å². The van der Waals surface area contributed by atoms with Crippen molar-refractivity contribution in [3.05, 3.63) is 18.5 Å². The van der Waals surface area contributed by atoms with Crippen molar-refractivity contribution in [3.8, 4) is 0 Å². The highest BCUT2D eigenvalue weighted by molar-refractivity contribution is 7.89. The highest BCUT2D eigenvalue weighted by Gasteiger charge is 2.18. The summed E-state index contributed by atoms with van der Waals surface area (Å²) in [6, 6.07) is 1.82. The first-order valence-corrected chi connectivity index (χ1v) is 7.03. The largest absolute Gasteiger partial charge is 0.366 e. The second kappa shape index (κ2) is 4.99. The van der Waals surface area contributed by atoms with Crippen LogP contribution in [0.2, 0.25) is 0 Å². The highest BCUT2D eigenvalue weighted by atomic mass is 32.2. The molecule has 0 aliphatic carbocycles. The molecule has 0 amide bonds. The van der Waals surface area contributed by atoms with E-state index in [0.29, 0.717) is 11.4 Å². The van der Waals surface area contributed by atoms with Gasteiger partial charge in [0, 0.05) is 25.0 Å². The normalized spacial score (nSPS) is 22.1. The molecule has 0 saturated carbocycles. The van der Waals surface area contributed by atoms with Crippen molar-refractivity contribution >= 4 is 10.0 Å². The molecule has 16 heavy (non-hydrogen) atoms. The van der Waals surface area contributed by atoms with Gasteiger partial charge in [-0.15, -0.1) is 0 Å². The molecular weight excluding hydrogens is 226 g/mol. The van der Waals surface area contributed by atoms with E-state index in [1.165, 1.54) is 19.0 Å². The minimum absolute atomic E-state index is 0.266. The Morgan fingerprint density at radius 1 is 1.44 bits per heavy atom. The Bertz CT molecular complexity index is 407. The van der Waals surface area contributed by atoms with Gasteiger partial charge in [0.15, 0.2) is 0 Å². The summed E-state index contributed by atoms with van der Waals surface area (Å²) in [5.41, 5.74) is 0. The maximum absolute atomic E-state index is 11.8. The molecule has 0 radical (unpaired) electrons. The Morgan fingerprint density at radius 2 is 2.31 bits per heavy atom. The van der Waals surface area contributed by atoms with Crippen LogP contribution in [0.1, 0.15) is 19.3 Å². The van der Waals surface area contributed by atoms with Crippen LogP contribution in [0.15, 0.2) is 23.4 Å². The maximum atomic E-state index is 11.8. The van der Waals surface area contributed by atoms with Gasteiger partial charge in [-0.2, -0.15) is 0 Å². The molecule has 1 aliphatic heterocycles. The molecule has 2 rings (SSSR count). The van der Waals surface area contributed by atoms with E-state index < -0.39 is 10.0 Å². The predicted octanol–water partition coefficient (Wildman–Crippen LogP) is 0.435. The van der Waals surface area contributed by atoms with Crippen LogP contribution in [-0.2, 0) is 10.0 Å².